The summed E-state index contributed by atoms with van der Waals surface area (Å²) in [6.45, 7) is 11.6. The number of hydrogen-bond acceptors (Lipinski definition) is 5. The predicted octanol–water partition coefficient (Wildman–Crippen LogP) is 4.61. The number of pyridine rings is 1. The zero-order valence-corrected chi connectivity index (χ0v) is 20.3. The molecule has 1 aromatic carbocycles. The number of aryl methyl sites for hydroxylation is 2. The Balaban J connectivity index is 1.44. The van der Waals surface area contributed by atoms with E-state index in [2.05, 4.69) is 23.0 Å². The lowest BCUT2D eigenvalue weighted by Gasteiger charge is -2.38. The molecule has 0 radical (unpaired) electrons. The summed E-state index contributed by atoms with van der Waals surface area (Å²) in [5.74, 6) is 1.34. The number of nitrogens with zero attached hydrogens (tertiary/aromatic N) is 4. The summed E-state index contributed by atoms with van der Waals surface area (Å²) >= 11 is 0. The molecule has 0 amide bonds. The van der Waals surface area contributed by atoms with Gasteiger partial charge in [0.2, 0.25) is 0 Å². The summed E-state index contributed by atoms with van der Waals surface area (Å²) in [6, 6.07) is 10.2. The Morgan fingerprint density at radius 3 is 2.36 bits per heavy atom. The first-order valence-electron chi connectivity index (χ1n) is 11.7. The number of carbonyl (C=O) groups is 1. The van der Waals surface area contributed by atoms with Gasteiger partial charge in [-0.25, -0.2) is 9.67 Å². The monoisotopic (exact) mass is 446 g/mol. The molecule has 0 spiro atoms. The van der Waals surface area contributed by atoms with Gasteiger partial charge in [-0.1, -0.05) is 23.8 Å². The molecule has 6 nitrogen and oxygen atoms in total. The quantitative estimate of drug-likeness (QED) is 0.560. The van der Waals surface area contributed by atoms with Crippen LogP contribution in [0.15, 0.2) is 42.7 Å². The zero-order chi connectivity index (χ0) is 23.8. The molecule has 1 N–H and O–H groups in total. The number of rotatable bonds is 6. The van der Waals surface area contributed by atoms with E-state index >= 15 is 0 Å². The van der Waals surface area contributed by atoms with E-state index in [1.165, 1.54) is 5.56 Å². The normalized spacial score (nSPS) is 15.2. The third-order valence-corrected chi connectivity index (χ3v) is 6.85. The van der Waals surface area contributed by atoms with Crippen molar-refractivity contribution in [3.05, 3.63) is 70.7 Å². The van der Waals surface area contributed by atoms with Crippen molar-refractivity contribution >= 4 is 11.6 Å². The number of benzene rings is 1. The van der Waals surface area contributed by atoms with E-state index in [1.54, 1.807) is 6.20 Å². The third kappa shape index (κ3) is 5.01. The van der Waals surface area contributed by atoms with E-state index in [9.17, 15) is 9.90 Å². The van der Waals surface area contributed by atoms with Gasteiger partial charge in [-0.3, -0.25) is 4.79 Å². The van der Waals surface area contributed by atoms with Crippen molar-refractivity contribution in [3.63, 3.8) is 0 Å². The number of piperidine rings is 1. The summed E-state index contributed by atoms with van der Waals surface area (Å²) in [5.41, 5.74) is 4.99. The number of hydrogen-bond donors (Lipinski definition) is 1. The van der Waals surface area contributed by atoms with E-state index in [-0.39, 0.29) is 5.78 Å². The van der Waals surface area contributed by atoms with Gasteiger partial charge < -0.3 is 10.0 Å². The van der Waals surface area contributed by atoms with Crippen molar-refractivity contribution in [1.29, 1.82) is 0 Å². The van der Waals surface area contributed by atoms with Crippen LogP contribution in [0.1, 0.15) is 59.4 Å². The first-order chi connectivity index (χ1) is 15.6. The van der Waals surface area contributed by atoms with Gasteiger partial charge in [0.15, 0.2) is 5.78 Å². The molecule has 1 aliphatic rings. The molecule has 6 heteroatoms. The smallest absolute Gasteiger partial charge is 0.170 e. The Hall–Kier alpha value is -2.99. The fraction of sp³-hybridized carbons (Fsp3) is 0.444. The largest absolute Gasteiger partial charge is 0.390 e. The van der Waals surface area contributed by atoms with Gasteiger partial charge in [-0.2, -0.15) is 5.10 Å². The van der Waals surface area contributed by atoms with Crippen molar-refractivity contribution in [3.8, 4) is 5.69 Å². The molecule has 4 rings (SSSR count). The number of aliphatic hydroxyl groups is 1. The van der Waals surface area contributed by atoms with Crippen LogP contribution in [-0.4, -0.2) is 44.3 Å². The van der Waals surface area contributed by atoms with Crippen molar-refractivity contribution < 1.29 is 9.90 Å². The molecule has 3 heterocycles. The molecular weight excluding hydrogens is 412 g/mol. The molecule has 0 atom stereocenters. The summed E-state index contributed by atoms with van der Waals surface area (Å²) < 4.78 is 1.82. The summed E-state index contributed by atoms with van der Waals surface area (Å²) in [6.07, 6.45) is 5.69. The summed E-state index contributed by atoms with van der Waals surface area (Å²) in [5, 5.41) is 14.7. The van der Waals surface area contributed by atoms with E-state index < -0.39 is 5.60 Å². The maximum absolute atomic E-state index is 13.0. The van der Waals surface area contributed by atoms with Gasteiger partial charge in [0.1, 0.15) is 5.82 Å². The highest BCUT2D eigenvalue weighted by Gasteiger charge is 2.31. The van der Waals surface area contributed by atoms with Gasteiger partial charge in [0.25, 0.3) is 0 Å². The maximum Gasteiger partial charge on any atom is 0.170 e. The first-order valence-corrected chi connectivity index (χ1v) is 11.7. The highest BCUT2D eigenvalue weighted by Crippen LogP contribution is 2.31. The summed E-state index contributed by atoms with van der Waals surface area (Å²) in [4.78, 5) is 20.0. The topological polar surface area (TPSA) is 71.2 Å². The van der Waals surface area contributed by atoms with E-state index in [0.29, 0.717) is 17.9 Å². The minimum absolute atomic E-state index is 0.0470. The average Bonchev–Trinajstić information content (AvgIpc) is 3.15. The molecule has 33 heavy (non-hydrogen) atoms. The Bertz CT molecular complexity index is 1130. The fourth-order valence-electron chi connectivity index (χ4n) is 4.76. The number of aromatic nitrogens is 3. The number of carbonyl (C=O) groups excluding carboxylic acids is 1. The van der Waals surface area contributed by atoms with Crippen LogP contribution in [0.25, 0.3) is 5.69 Å². The molecular formula is C27H34N4O2. The minimum atomic E-state index is -0.635. The highest BCUT2D eigenvalue weighted by molar-refractivity contribution is 5.98. The average molecular weight is 447 g/mol. The number of ketones is 1. The molecule has 1 aliphatic heterocycles. The van der Waals surface area contributed by atoms with Crippen molar-refractivity contribution in [2.75, 3.05) is 18.0 Å². The predicted molar refractivity (Wildman–Crippen MR) is 131 cm³/mol. The zero-order valence-electron chi connectivity index (χ0n) is 20.3. The molecule has 0 aliphatic carbocycles. The lowest BCUT2D eigenvalue weighted by molar-refractivity contribution is 0.00645. The van der Waals surface area contributed by atoms with Crippen LogP contribution in [0, 0.1) is 26.7 Å². The minimum Gasteiger partial charge on any atom is -0.390 e. The summed E-state index contributed by atoms with van der Waals surface area (Å²) in [7, 11) is 0. The lowest BCUT2D eigenvalue weighted by atomic mass is 9.83. The van der Waals surface area contributed by atoms with Crippen LogP contribution in [-0.2, 0) is 6.42 Å². The second-order valence-electron chi connectivity index (χ2n) is 9.89. The van der Waals surface area contributed by atoms with Crippen LogP contribution >= 0.6 is 0 Å². The second kappa shape index (κ2) is 9.10. The van der Waals surface area contributed by atoms with Gasteiger partial charge >= 0.3 is 0 Å². The SMILES string of the molecule is Cc1ccc(-n2ncc(C(=O)Cc3cnc(N4CCC(C(C)(C)O)CC4)c(C)c3)c2C)cc1. The van der Waals surface area contributed by atoms with Gasteiger partial charge in [-0.15, -0.1) is 0 Å². The molecule has 1 fully saturated rings. The highest BCUT2D eigenvalue weighted by atomic mass is 16.3. The van der Waals surface area contributed by atoms with Crippen LogP contribution < -0.4 is 4.90 Å². The number of anilines is 1. The van der Waals surface area contributed by atoms with Crippen LogP contribution in [0.3, 0.4) is 0 Å². The van der Waals surface area contributed by atoms with Gasteiger partial charge in [-0.05, 0) is 76.6 Å². The molecule has 0 saturated carbocycles. The van der Waals surface area contributed by atoms with Gasteiger partial charge in [0.05, 0.1) is 28.7 Å². The third-order valence-electron chi connectivity index (χ3n) is 6.85. The standard InChI is InChI=1S/C27H34N4O2/c1-18-6-8-23(9-7-18)31-20(3)24(17-29-31)25(32)15-21-14-19(2)26(28-16-21)30-12-10-22(11-13-30)27(4,5)33/h6-9,14,16-17,22,33H,10-13,15H2,1-5H3. The van der Waals surface area contributed by atoms with Gasteiger partial charge in [0, 0.05) is 25.7 Å². The molecule has 0 unspecified atom stereocenters. The lowest BCUT2D eigenvalue weighted by Crippen LogP contribution is -2.42. The molecule has 3 aromatic rings. The van der Waals surface area contributed by atoms with Crippen molar-refractivity contribution in [1.82, 2.24) is 14.8 Å². The Morgan fingerprint density at radius 2 is 1.76 bits per heavy atom. The maximum atomic E-state index is 13.0. The first kappa shape index (κ1) is 23.2. The van der Waals surface area contributed by atoms with Crippen molar-refractivity contribution in [2.45, 2.75) is 59.5 Å². The fourth-order valence-corrected chi connectivity index (χ4v) is 4.76. The Morgan fingerprint density at radius 1 is 1.09 bits per heavy atom. The Kier molecular flexibility index (Phi) is 6.39. The van der Waals surface area contributed by atoms with Crippen molar-refractivity contribution in [2.24, 2.45) is 5.92 Å². The Labute approximate surface area is 196 Å². The van der Waals surface area contributed by atoms with Crippen LogP contribution in [0.5, 0.6) is 0 Å². The molecule has 174 valence electrons. The molecule has 2 aromatic heterocycles. The molecule has 0 bridgehead atoms. The molecule has 1 saturated heterocycles. The second-order valence-corrected chi connectivity index (χ2v) is 9.89. The van der Waals surface area contributed by atoms with E-state index in [1.807, 2.05) is 62.8 Å². The van der Waals surface area contributed by atoms with Crippen LogP contribution in [0.2, 0.25) is 0 Å². The van der Waals surface area contributed by atoms with Crippen LogP contribution in [0.4, 0.5) is 5.82 Å². The van der Waals surface area contributed by atoms with E-state index in [4.69, 9.17) is 4.98 Å². The van der Waals surface area contributed by atoms with E-state index in [0.717, 1.165) is 54.3 Å². The number of Topliss-reactive ketones (excluding diaryl/α,β-unsaturated/α-hetero) is 1.